The van der Waals surface area contributed by atoms with E-state index in [4.69, 9.17) is 24.0 Å². The van der Waals surface area contributed by atoms with Gasteiger partial charge in [0.2, 0.25) is 0 Å². The second-order valence-corrected chi connectivity index (χ2v) is 17.2. The maximum Gasteiger partial charge on any atom is 0.312 e. The van der Waals surface area contributed by atoms with Gasteiger partial charge in [-0.1, -0.05) is 85.5 Å². The van der Waals surface area contributed by atoms with E-state index < -0.39 is 88.8 Å². The summed E-state index contributed by atoms with van der Waals surface area (Å²) >= 11 is 0. The number of amides is 1. The standard InChI is InChI=1S/C48H69N3O12/c1-12-14-16-22-51(23-17-15-13-2)49-25-33-38-43(57)36-35(42(33)56)37-45(31(8)41(36)55)63-48(10,46(37)58)61-24-21-34(60-11)28(5)44(62-32(9)52)30(7)40(54)29(6)39(53)26(3)19-18-20-27(4)47(59)50-38/h18-21,24-26,28-30,34,39-40,44,53-57H,12-17,22-23H2,1-11H3,(H,50,59)/b19-18+,24-21+,27-20?,49-25+. The summed E-state index contributed by atoms with van der Waals surface area (Å²) in [5.74, 6) is -8.30. The summed E-state index contributed by atoms with van der Waals surface area (Å²) in [5, 5.41) is 67.7. The number of aliphatic hydroxyl groups is 2. The molecule has 0 aromatic heterocycles. The Morgan fingerprint density at radius 2 is 1.54 bits per heavy atom. The molecule has 0 radical (unpaired) electrons. The topological polar surface area (TPSA) is 217 Å². The van der Waals surface area contributed by atoms with Crippen LogP contribution in [0.4, 0.5) is 5.69 Å². The first-order valence-corrected chi connectivity index (χ1v) is 22.1. The minimum absolute atomic E-state index is 0.0611. The van der Waals surface area contributed by atoms with Crippen LogP contribution in [-0.4, -0.2) is 105 Å². The van der Waals surface area contributed by atoms with E-state index in [-0.39, 0.29) is 44.5 Å². The van der Waals surface area contributed by atoms with Gasteiger partial charge in [0.1, 0.15) is 23.4 Å². The molecule has 6 N–H and O–H groups in total. The highest BCUT2D eigenvalue weighted by molar-refractivity contribution is 6.23. The molecule has 0 saturated heterocycles. The van der Waals surface area contributed by atoms with Crippen LogP contribution in [0.2, 0.25) is 0 Å². The van der Waals surface area contributed by atoms with Crippen molar-refractivity contribution in [2.75, 3.05) is 25.5 Å². The average Bonchev–Trinajstić information content (AvgIpc) is 3.51. The Bertz CT molecular complexity index is 2090. The average molecular weight is 880 g/mol. The van der Waals surface area contributed by atoms with Crippen molar-refractivity contribution >= 4 is 40.3 Å². The van der Waals surface area contributed by atoms with Crippen molar-refractivity contribution in [1.82, 2.24) is 5.01 Å². The van der Waals surface area contributed by atoms with Gasteiger partial charge < -0.3 is 49.8 Å². The highest BCUT2D eigenvalue weighted by Gasteiger charge is 2.50. The lowest BCUT2D eigenvalue weighted by molar-refractivity contribution is -0.160. The van der Waals surface area contributed by atoms with E-state index in [1.165, 1.54) is 59.4 Å². The molecular formula is C48H69N3O12. The Morgan fingerprint density at radius 1 is 0.905 bits per heavy atom. The Kier molecular flexibility index (Phi) is 17.6. The molecule has 2 aromatic rings. The number of methoxy groups -OCH3 is 1. The van der Waals surface area contributed by atoms with Crippen molar-refractivity contribution in [2.45, 2.75) is 138 Å². The zero-order valence-corrected chi connectivity index (χ0v) is 38.7. The van der Waals surface area contributed by atoms with E-state index in [0.29, 0.717) is 13.1 Å². The van der Waals surface area contributed by atoms with Crippen molar-refractivity contribution in [1.29, 1.82) is 0 Å². The lowest BCUT2D eigenvalue weighted by atomic mass is 9.78. The fourth-order valence-electron chi connectivity index (χ4n) is 8.33. The number of hydrazone groups is 1. The molecule has 2 aromatic carbocycles. The molecule has 9 atom stereocenters. The van der Waals surface area contributed by atoms with Crippen LogP contribution in [0.1, 0.15) is 122 Å². The fraction of sp³-hybridized carbons (Fsp3) is 0.583. The molecule has 63 heavy (non-hydrogen) atoms. The molecule has 0 fully saturated rings. The number of allylic oxidation sites excluding steroid dienone is 2. The molecule has 15 heteroatoms. The van der Waals surface area contributed by atoms with Gasteiger partial charge in [-0.15, -0.1) is 0 Å². The number of aromatic hydroxyl groups is 3. The van der Waals surface area contributed by atoms with E-state index in [9.17, 15) is 39.9 Å². The highest BCUT2D eigenvalue weighted by atomic mass is 16.7. The number of nitrogens with zero attached hydrogens (tertiary/aromatic N) is 2. The number of Topliss-reactive ketones (excluding diaryl/α,β-unsaturated/α-hetero) is 1. The van der Waals surface area contributed by atoms with E-state index in [1.54, 1.807) is 39.8 Å². The zero-order valence-electron chi connectivity index (χ0n) is 38.7. The summed E-state index contributed by atoms with van der Waals surface area (Å²) in [6.07, 6.45) is 10.6. The van der Waals surface area contributed by atoms with Crippen molar-refractivity contribution in [2.24, 2.45) is 28.8 Å². The fourth-order valence-corrected chi connectivity index (χ4v) is 8.33. The Balaban J connectivity index is 1.99. The molecule has 3 aliphatic rings. The number of rotatable bonds is 12. The van der Waals surface area contributed by atoms with Crippen LogP contribution in [-0.2, 0) is 23.8 Å². The third-order valence-corrected chi connectivity index (χ3v) is 12.4. The van der Waals surface area contributed by atoms with Gasteiger partial charge in [-0.3, -0.25) is 19.4 Å². The summed E-state index contributed by atoms with van der Waals surface area (Å²) in [6, 6.07) is 0. The minimum Gasteiger partial charge on any atom is -0.507 e. The van der Waals surface area contributed by atoms with Crippen molar-refractivity contribution in [3.05, 3.63) is 52.8 Å². The zero-order chi connectivity index (χ0) is 46.9. The monoisotopic (exact) mass is 879 g/mol. The van der Waals surface area contributed by atoms with E-state index >= 15 is 0 Å². The number of nitrogens with one attached hydrogen (secondary N) is 1. The van der Waals surface area contributed by atoms with Crippen LogP contribution in [0, 0.1) is 30.6 Å². The van der Waals surface area contributed by atoms with Crippen LogP contribution in [0.5, 0.6) is 23.0 Å². The lowest BCUT2D eigenvalue weighted by Crippen LogP contribution is -2.46. The third-order valence-electron chi connectivity index (χ3n) is 12.4. The summed E-state index contributed by atoms with van der Waals surface area (Å²) < 4.78 is 23.7. The number of hydrogen-bond donors (Lipinski definition) is 6. The molecule has 348 valence electrons. The second-order valence-electron chi connectivity index (χ2n) is 17.2. The van der Waals surface area contributed by atoms with Gasteiger partial charge in [-0.25, -0.2) is 0 Å². The first-order valence-electron chi connectivity index (χ1n) is 22.1. The van der Waals surface area contributed by atoms with Crippen molar-refractivity contribution in [3.8, 4) is 23.0 Å². The van der Waals surface area contributed by atoms with E-state index in [1.807, 2.05) is 5.01 Å². The molecule has 3 aliphatic heterocycles. The number of carbonyl (C=O) groups is 3. The van der Waals surface area contributed by atoms with Gasteiger partial charge in [0.25, 0.3) is 11.7 Å². The second kappa shape index (κ2) is 22.0. The van der Waals surface area contributed by atoms with Crippen LogP contribution in [0.25, 0.3) is 10.8 Å². The number of benzene rings is 2. The number of esters is 1. The number of fused-ring (bicyclic) bond motifs is 14. The number of carbonyl (C=O) groups excluding carboxylic acids is 3. The number of phenols is 3. The van der Waals surface area contributed by atoms with Gasteiger partial charge >= 0.3 is 11.8 Å². The Morgan fingerprint density at radius 3 is 2.13 bits per heavy atom. The molecule has 5 bridgehead atoms. The maximum absolute atomic E-state index is 14.6. The summed E-state index contributed by atoms with van der Waals surface area (Å²) in [6.45, 7) is 18.0. The smallest absolute Gasteiger partial charge is 0.312 e. The SMILES string of the molecule is CCCCCN(CCCCC)/N=C/c1c2c(O)c3c(O)c(C)c4c(c3c1O)C(=O)C(C)(O/C=C/C(OC)C(C)C(OC(C)=O)C(C)C(O)C(C)C(O)C(C)/C=C/C=C(C)C(=O)N2)O4. The third kappa shape index (κ3) is 11.2. The van der Waals surface area contributed by atoms with Crippen molar-refractivity contribution in [3.63, 3.8) is 0 Å². The molecule has 0 aliphatic carbocycles. The lowest BCUT2D eigenvalue weighted by Gasteiger charge is -2.38. The van der Waals surface area contributed by atoms with Crippen LogP contribution in [0.15, 0.2) is 41.2 Å². The number of hydrogen-bond acceptors (Lipinski definition) is 14. The summed E-state index contributed by atoms with van der Waals surface area (Å²) in [5.41, 5.74) is -0.303. The van der Waals surface area contributed by atoms with Crippen LogP contribution < -0.4 is 10.1 Å². The highest BCUT2D eigenvalue weighted by Crippen LogP contribution is 2.55. The molecule has 5 rings (SSSR count). The molecular weight excluding hydrogens is 811 g/mol. The minimum atomic E-state index is -2.05. The molecule has 9 unspecified atom stereocenters. The molecule has 0 spiro atoms. The van der Waals surface area contributed by atoms with E-state index in [2.05, 4.69) is 19.2 Å². The van der Waals surface area contributed by atoms with Gasteiger partial charge in [0.15, 0.2) is 5.75 Å². The predicted molar refractivity (Wildman–Crippen MR) is 242 cm³/mol. The van der Waals surface area contributed by atoms with Crippen LogP contribution in [0.3, 0.4) is 0 Å². The van der Waals surface area contributed by atoms with Gasteiger partial charge in [0.05, 0.1) is 53.0 Å². The Labute approximate surface area is 371 Å². The largest absolute Gasteiger partial charge is 0.507 e. The summed E-state index contributed by atoms with van der Waals surface area (Å²) in [7, 11) is 1.44. The first-order chi connectivity index (χ1) is 29.8. The number of ether oxygens (including phenoxy) is 4. The normalized spacial score (nSPS) is 28.1. The van der Waals surface area contributed by atoms with Gasteiger partial charge in [0, 0.05) is 74.2 Å². The molecule has 3 heterocycles. The molecule has 15 nitrogen and oxygen atoms in total. The quantitative estimate of drug-likeness (QED) is 0.0300. The Hall–Kier alpha value is -5.12. The number of aliphatic hydroxyl groups excluding tert-OH is 2. The predicted octanol–water partition coefficient (Wildman–Crippen LogP) is 7.77. The van der Waals surface area contributed by atoms with Crippen molar-refractivity contribution < 1.29 is 58.9 Å². The first kappa shape index (κ1) is 50.5. The maximum atomic E-state index is 14.6. The van der Waals surface area contributed by atoms with Crippen LogP contribution >= 0.6 is 0 Å². The number of anilines is 1. The van der Waals surface area contributed by atoms with Gasteiger partial charge in [-0.05, 0) is 32.8 Å². The van der Waals surface area contributed by atoms with E-state index in [0.717, 1.165) is 38.5 Å². The summed E-state index contributed by atoms with van der Waals surface area (Å²) in [4.78, 5) is 40.8. The number of ketones is 1. The molecule has 0 saturated carbocycles. The van der Waals surface area contributed by atoms with Gasteiger partial charge in [-0.2, -0.15) is 5.10 Å². The number of phenolic OH excluding ortho intramolecular Hbond substituents is 3. The number of unbranched alkanes of at least 4 members (excludes halogenated alkanes) is 4. The molecule has 1 amide bonds.